The van der Waals surface area contributed by atoms with Crippen molar-refractivity contribution in [2.24, 2.45) is 5.41 Å². The normalized spacial score (nSPS) is 18.7. The van der Waals surface area contributed by atoms with Crippen molar-refractivity contribution in [2.75, 3.05) is 32.7 Å². The molecule has 4 heterocycles. The molecule has 7 nitrogen and oxygen atoms in total. The monoisotopic (exact) mass is 502 g/mol. The molecule has 2 saturated heterocycles. The zero-order valence-electron chi connectivity index (χ0n) is 22.7. The molecule has 0 radical (unpaired) electrons. The summed E-state index contributed by atoms with van der Waals surface area (Å²) >= 11 is 0. The number of H-pyrrole nitrogens is 1. The number of aromatic amines is 1. The Labute approximate surface area is 221 Å². The van der Waals surface area contributed by atoms with Gasteiger partial charge in [0, 0.05) is 55.6 Å². The second kappa shape index (κ2) is 11.3. The fraction of sp³-hybridized carbons (Fsp3) is 0.567. The van der Waals surface area contributed by atoms with Crippen LogP contribution in [0.25, 0.3) is 22.0 Å². The molecule has 0 atom stereocenters. The molecule has 7 heteroatoms. The molecule has 0 bridgehead atoms. The van der Waals surface area contributed by atoms with Crippen LogP contribution < -0.4 is 5.32 Å². The summed E-state index contributed by atoms with van der Waals surface area (Å²) in [6.07, 6.45) is 11.1. The number of rotatable bonds is 6. The number of hydrogen-bond acceptors (Lipinski definition) is 5. The van der Waals surface area contributed by atoms with Crippen LogP contribution in [0.2, 0.25) is 0 Å². The van der Waals surface area contributed by atoms with Crippen molar-refractivity contribution in [1.82, 2.24) is 30.3 Å². The molecule has 0 spiro atoms. The lowest BCUT2D eigenvalue weighted by Crippen LogP contribution is -2.46. The SMILES string of the molecule is CC(C)(C)CN1CCC(NC(=O)c2n[nH]c3ccc(-c4cncc(CN5CCCCCC5)c4)cc23)CC1. The van der Waals surface area contributed by atoms with Gasteiger partial charge in [0.25, 0.3) is 5.91 Å². The van der Waals surface area contributed by atoms with E-state index in [1.54, 1.807) is 0 Å². The molecule has 37 heavy (non-hydrogen) atoms. The van der Waals surface area contributed by atoms with Crippen LogP contribution in [0, 0.1) is 5.41 Å². The predicted molar refractivity (Wildman–Crippen MR) is 149 cm³/mol. The van der Waals surface area contributed by atoms with E-state index in [1.807, 2.05) is 18.5 Å². The highest BCUT2D eigenvalue weighted by Gasteiger charge is 2.25. The van der Waals surface area contributed by atoms with Gasteiger partial charge in [0.1, 0.15) is 0 Å². The average molecular weight is 503 g/mol. The third-order valence-corrected chi connectivity index (χ3v) is 7.63. The van der Waals surface area contributed by atoms with Crippen molar-refractivity contribution in [3.8, 4) is 11.1 Å². The molecule has 2 aliphatic heterocycles. The Balaban J connectivity index is 1.27. The number of likely N-dealkylation sites (tertiary alicyclic amines) is 2. The van der Waals surface area contributed by atoms with Crippen LogP contribution in [0.3, 0.4) is 0 Å². The molecule has 0 aliphatic carbocycles. The molecular weight excluding hydrogens is 460 g/mol. The number of carbonyl (C=O) groups is 1. The average Bonchev–Trinajstić information content (AvgIpc) is 3.13. The fourth-order valence-electron chi connectivity index (χ4n) is 5.81. The molecular formula is C30H42N6O. The third kappa shape index (κ3) is 6.76. The van der Waals surface area contributed by atoms with E-state index in [0.717, 1.165) is 61.1 Å². The van der Waals surface area contributed by atoms with Gasteiger partial charge in [-0.2, -0.15) is 5.10 Å². The zero-order valence-corrected chi connectivity index (χ0v) is 22.7. The topological polar surface area (TPSA) is 77.1 Å². The Morgan fingerprint density at radius 2 is 1.73 bits per heavy atom. The molecule has 5 rings (SSSR count). The first-order chi connectivity index (χ1) is 17.8. The summed E-state index contributed by atoms with van der Waals surface area (Å²) in [7, 11) is 0. The molecule has 198 valence electrons. The van der Waals surface area contributed by atoms with Crippen LogP contribution in [-0.2, 0) is 6.54 Å². The third-order valence-electron chi connectivity index (χ3n) is 7.63. The Hall–Kier alpha value is -2.77. The molecule has 2 fully saturated rings. The molecule has 0 saturated carbocycles. The highest BCUT2D eigenvalue weighted by molar-refractivity contribution is 6.05. The minimum atomic E-state index is -0.0919. The molecule has 3 aromatic rings. The molecule has 1 aromatic carbocycles. The second-order valence-corrected chi connectivity index (χ2v) is 12.2. The lowest BCUT2D eigenvalue weighted by Gasteiger charge is -2.36. The number of nitrogens with one attached hydrogen (secondary N) is 2. The number of aromatic nitrogens is 3. The minimum absolute atomic E-state index is 0.0919. The standard InChI is InChI=1S/C30H42N6O/c1-30(2,3)21-36-14-10-25(11-15-36)32-29(37)28-26-17-23(8-9-27(26)33-34-28)24-16-22(18-31-19-24)20-35-12-6-4-5-7-13-35/h8-9,16-19,25H,4-7,10-15,20-21H2,1-3H3,(H,32,37)(H,33,34). The van der Waals surface area contributed by atoms with Crippen LogP contribution in [0.1, 0.15) is 75.3 Å². The fourth-order valence-corrected chi connectivity index (χ4v) is 5.81. The maximum Gasteiger partial charge on any atom is 0.272 e. The number of carbonyl (C=O) groups excluding carboxylic acids is 1. The van der Waals surface area contributed by atoms with Gasteiger partial charge in [-0.1, -0.05) is 39.7 Å². The second-order valence-electron chi connectivity index (χ2n) is 12.2. The number of pyridine rings is 1. The predicted octanol–water partition coefficient (Wildman–Crippen LogP) is 5.24. The maximum atomic E-state index is 13.2. The van der Waals surface area contributed by atoms with E-state index in [4.69, 9.17) is 0 Å². The Kier molecular flexibility index (Phi) is 7.91. The number of nitrogens with zero attached hydrogens (tertiary/aromatic N) is 4. The van der Waals surface area contributed by atoms with Crippen LogP contribution in [0.5, 0.6) is 0 Å². The smallest absolute Gasteiger partial charge is 0.272 e. The van der Waals surface area contributed by atoms with Gasteiger partial charge in [0.2, 0.25) is 0 Å². The summed E-state index contributed by atoms with van der Waals surface area (Å²) in [5, 5.41) is 11.5. The Morgan fingerprint density at radius 3 is 2.46 bits per heavy atom. The first-order valence-electron chi connectivity index (χ1n) is 14.0. The summed E-state index contributed by atoms with van der Waals surface area (Å²) in [6, 6.07) is 8.61. The molecule has 2 aromatic heterocycles. The van der Waals surface area contributed by atoms with Gasteiger partial charge in [-0.25, -0.2) is 0 Å². The van der Waals surface area contributed by atoms with Crippen LogP contribution >= 0.6 is 0 Å². The quantitative estimate of drug-likeness (QED) is 0.482. The van der Waals surface area contributed by atoms with E-state index in [-0.39, 0.29) is 11.9 Å². The summed E-state index contributed by atoms with van der Waals surface area (Å²) in [4.78, 5) is 22.8. The zero-order chi connectivity index (χ0) is 25.8. The van der Waals surface area contributed by atoms with Crippen LogP contribution in [0.15, 0.2) is 36.7 Å². The van der Waals surface area contributed by atoms with Gasteiger partial charge in [0.05, 0.1) is 5.52 Å². The van der Waals surface area contributed by atoms with E-state index in [1.165, 1.54) is 44.3 Å². The van der Waals surface area contributed by atoms with Crippen molar-refractivity contribution in [3.63, 3.8) is 0 Å². The number of fused-ring (bicyclic) bond motifs is 1. The molecule has 0 unspecified atom stereocenters. The summed E-state index contributed by atoms with van der Waals surface area (Å²) in [5.41, 5.74) is 5.02. The van der Waals surface area contributed by atoms with Crippen LogP contribution in [-0.4, -0.2) is 69.7 Å². The number of benzene rings is 1. The van der Waals surface area contributed by atoms with Crippen molar-refractivity contribution >= 4 is 16.8 Å². The van der Waals surface area contributed by atoms with Gasteiger partial charge in [-0.15, -0.1) is 0 Å². The van der Waals surface area contributed by atoms with Crippen molar-refractivity contribution in [2.45, 2.75) is 71.9 Å². The lowest BCUT2D eigenvalue weighted by molar-refractivity contribution is 0.0892. The molecule has 2 aliphatic rings. The lowest BCUT2D eigenvalue weighted by atomic mass is 9.94. The Morgan fingerprint density at radius 1 is 0.973 bits per heavy atom. The van der Waals surface area contributed by atoms with Crippen molar-refractivity contribution in [1.29, 1.82) is 0 Å². The van der Waals surface area contributed by atoms with Gasteiger partial charge in [-0.3, -0.25) is 19.8 Å². The number of piperidine rings is 1. The van der Waals surface area contributed by atoms with Crippen LogP contribution in [0.4, 0.5) is 0 Å². The van der Waals surface area contributed by atoms with E-state index in [2.05, 4.69) is 69.3 Å². The van der Waals surface area contributed by atoms with E-state index in [9.17, 15) is 4.79 Å². The minimum Gasteiger partial charge on any atom is -0.348 e. The van der Waals surface area contributed by atoms with E-state index in [0.29, 0.717) is 11.1 Å². The first kappa shape index (κ1) is 25.9. The largest absolute Gasteiger partial charge is 0.348 e. The Bertz CT molecular complexity index is 1200. The first-order valence-corrected chi connectivity index (χ1v) is 14.0. The summed E-state index contributed by atoms with van der Waals surface area (Å²) in [5.74, 6) is -0.0919. The van der Waals surface area contributed by atoms with Gasteiger partial charge in [0.15, 0.2) is 5.69 Å². The maximum absolute atomic E-state index is 13.2. The van der Waals surface area contributed by atoms with Crippen molar-refractivity contribution < 1.29 is 4.79 Å². The number of hydrogen-bond donors (Lipinski definition) is 2. The number of amides is 1. The molecule has 1 amide bonds. The molecule has 2 N–H and O–H groups in total. The van der Waals surface area contributed by atoms with Crippen molar-refractivity contribution in [3.05, 3.63) is 47.9 Å². The van der Waals surface area contributed by atoms with Gasteiger partial charge in [-0.05, 0) is 73.5 Å². The highest BCUT2D eigenvalue weighted by Crippen LogP contribution is 2.27. The van der Waals surface area contributed by atoms with E-state index < -0.39 is 0 Å². The van der Waals surface area contributed by atoms with Gasteiger partial charge < -0.3 is 10.2 Å². The van der Waals surface area contributed by atoms with E-state index >= 15 is 0 Å². The summed E-state index contributed by atoms with van der Waals surface area (Å²) in [6.45, 7) is 13.2. The van der Waals surface area contributed by atoms with Gasteiger partial charge >= 0.3 is 0 Å². The highest BCUT2D eigenvalue weighted by atomic mass is 16.2. The summed E-state index contributed by atoms with van der Waals surface area (Å²) < 4.78 is 0.